The summed E-state index contributed by atoms with van der Waals surface area (Å²) in [5.74, 6) is 0.232. The van der Waals surface area contributed by atoms with Crippen LogP contribution in [0, 0.1) is 13.8 Å². The number of hydrogen-bond acceptors (Lipinski definition) is 3. The molecule has 0 heterocycles. The third kappa shape index (κ3) is 3.93. The Labute approximate surface area is 110 Å². The van der Waals surface area contributed by atoms with Gasteiger partial charge >= 0.3 is 0 Å². The minimum atomic E-state index is 0.117. The highest BCUT2D eigenvalue weighted by molar-refractivity contribution is 9.10. The van der Waals surface area contributed by atoms with Crippen molar-refractivity contribution in [3.8, 4) is 0 Å². The van der Waals surface area contributed by atoms with E-state index >= 15 is 0 Å². The van der Waals surface area contributed by atoms with Gasteiger partial charge in [-0.1, -0.05) is 21.1 Å². The molecule has 0 saturated carbocycles. The first-order valence-electron chi connectivity index (χ1n) is 5.43. The Kier molecular flexibility index (Phi) is 4.81. The highest BCUT2D eigenvalue weighted by Crippen LogP contribution is 2.25. The van der Waals surface area contributed by atoms with E-state index in [1.807, 2.05) is 6.92 Å². The van der Waals surface area contributed by atoms with Gasteiger partial charge in [-0.05, 0) is 44.0 Å². The molecule has 1 atom stereocenters. The maximum Gasteiger partial charge on any atom is 0.141 e. The zero-order valence-electron chi connectivity index (χ0n) is 10.3. The van der Waals surface area contributed by atoms with Crippen LogP contribution in [0.15, 0.2) is 21.8 Å². The minimum Gasteiger partial charge on any atom is -0.409 e. The SMILES string of the molecule is Cc1cc(NC(C)C/C(N)=N/O)cc(C)c1Br. The zero-order chi connectivity index (χ0) is 13.0. The molecule has 0 aliphatic carbocycles. The Bertz CT molecular complexity index is 409. The Hall–Kier alpha value is -1.23. The third-order valence-electron chi connectivity index (χ3n) is 2.49. The lowest BCUT2D eigenvalue weighted by Crippen LogP contribution is -2.24. The van der Waals surface area contributed by atoms with E-state index in [1.165, 1.54) is 11.1 Å². The second-order valence-electron chi connectivity index (χ2n) is 4.26. The van der Waals surface area contributed by atoms with Crippen LogP contribution < -0.4 is 11.1 Å². The Morgan fingerprint density at radius 1 is 1.47 bits per heavy atom. The average molecular weight is 300 g/mol. The molecule has 94 valence electrons. The highest BCUT2D eigenvalue weighted by Gasteiger charge is 2.07. The number of nitrogens with one attached hydrogen (secondary N) is 1. The van der Waals surface area contributed by atoms with Gasteiger partial charge in [-0.15, -0.1) is 0 Å². The van der Waals surface area contributed by atoms with Crippen molar-refractivity contribution >= 4 is 27.5 Å². The number of hydrogen-bond donors (Lipinski definition) is 3. The maximum absolute atomic E-state index is 8.50. The Morgan fingerprint density at radius 3 is 2.47 bits per heavy atom. The molecule has 0 aliphatic rings. The first-order valence-corrected chi connectivity index (χ1v) is 6.23. The van der Waals surface area contributed by atoms with E-state index in [4.69, 9.17) is 10.9 Å². The standard InChI is InChI=1S/C12H18BrN3O/c1-7-4-10(5-8(2)12(7)13)15-9(3)6-11(14)16-17/h4-5,9,15,17H,6H2,1-3H3,(H2,14,16). The van der Waals surface area contributed by atoms with Gasteiger partial charge in [-0.25, -0.2) is 0 Å². The van der Waals surface area contributed by atoms with E-state index in [1.54, 1.807) is 0 Å². The van der Waals surface area contributed by atoms with Gasteiger partial charge < -0.3 is 16.3 Å². The molecule has 0 saturated heterocycles. The summed E-state index contributed by atoms with van der Waals surface area (Å²) in [6, 6.07) is 4.26. The average Bonchev–Trinajstić information content (AvgIpc) is 2.25. The second-order valence-corrected chi connectivity index (χ2v) is 5.06. The molecular weight excluding hydrogens is 282 g/mol. The lowest BCUT2D eigenvalue weighted by atomic mass is 10.1. The van der Waals surface area contributed by atoms with Crippen molar-refractivity contribution in [1.82, 2.24) is 0 Å². The molecule has 5 heteroatoms. The lowest BCUT2D eigenvalue weighted by molar-refractivity contribution is 0.316. The van der Waals surface area contributed by atoms with Gasteiger partial charge in [0.25, 0.3) is 0 Å². The van der Waals surface area contributed by atoms with Gasteiger partial charge in [0.15, 0.2) is 0 Å². The van der Waals surface area contributed by atoms with Crippen molar-refractivity contribution in [3.63, 3.8) is 0 Å². The van der Waals surface area contributed by atoms with E-state index in [0.29, 0.717) is 6.42 Å². The predicted molar refractivity (Wildman–Crippen MR) is 74.7 cm³/mol. The fourth-order valence-corrected chi connectivity index (χ4v) is 1.95. The molecule has 0 spiro atoms. The molecule has 1 aromatic rings. The second kappa shape index (κ2) is 5.91. The summed E-state index contributed by atoms with van der Waals surface area (Å²) in [7, 11) is 0. The maximum atomic E-state index is 8.50. The summed E-state index contributed by atoms with van der Waals surface area (Å²) >= 11 is 3.53. The summed E-state index contributed by atoms with van der Waals surface area (Å²) < 4.78 is 1.13. The van der Waals surface area contributed by atoms with E-state index < -0.39 is 0 Å². The number of anilines is 1. The van der Waals surface area contributed by atoms with Crippen molar-refractivity contribution in [2.24, 2.45) is 10.9 Å². The molecule has 4 N–H and O–H groups in total. The van der Waals surface area contributed by atoms with Crippen LogP contribution in [-0.4, -0.2) is 17.1 Å². The summed E-state index contributed by atoms with van der Waals surface area (Å²) in [6.45, 7) is 6.09. The molecule has 0 amide bonds. The third-order valence-corrected chi connectivity index (χ3v) is 3.74. The molecule has 0 fully saturated rings. The quantitative estimate of drug-likeness (QED) is 0.346. The van der Waals surface area contributed by atoms with Gasteiger partial charge in [0, 0.05) is 22.6 Å². The van der Waals surface area contributed by atoms with Gasteiger partial charge in [0.05, 0.1) is 0 Å². The van der Waals surface area contributed by atoms with Crippen LogP contribution in [-0.2, 0) is 0 Å². The largest absolute Gasteiger partial charge is 0.409 e. The van der Waals surface area contributed by atoms with E-state index in [0.717, 1.165) is 10.2 Å². The molecule has 1 rings (SSSR count). The fraction of sp³-hybridized carbons (Fsp3) is 0.417. The topological polar surface area (TPSA) is 70.6 Å². The van der Waals surface area contributed by atoms with Crippen molar-refractivity contribution in [2.75, 3.05) is 5.32 Å². The Balaban J connectivity index is 2.75. The molecular formula is C12H18BrN3O. The summed E-state index contributed by atoms with van der Waals surface area (Å²) in [6.07, 6.45) is 0.505. The first-order chi connectivity index (χ1) is 7.93. The summed E-state index contributed by atoms with van der Waals surface area (Å²) in [5.41, 5.74) is 8.87. The van der Waals surface area contributed by atoms with Crippen LogP contribution in [0.1, 0.15) is 24.5 Å². The highest BCUT2D eigenvalue weighted by atomic mass is 79.9. The predicted octanol–water partition coefficient (Wildman–Crippen LogP) is 3.00. The summed E-state index contributed by atoms with van der Waals surface area (Å²) in [5, 5.41) is 14.8. The molecule has 4 nitrogen and oxygen atoms in total. The number of rotatable bonds is 4. The van der Waals surface area contributed by atoms with Crippen LogP contribution in [0.25, 0.3) is 0 Å². The van der Waals surface area contributed by atoms with Gasteiger partial charge in [-0.2, -0.15) is 0 Å². The van der Waals surface area contributed by atoms with E-state index in [-0.39, 0.29) is 11.9 Å². The van der Waals surface area contributed by atoms with Crippen LogP contribution in [0.4, 0.5) is 5.69 Å². The van der Waals surface area contributed by atoms with Gasteiger partial charge in [0.1, 0.15) is 5.84 Å². The number of amidine groups is 1. The molecule has 17 heavy (non-hydrogen) atoms. The van der Waals surface area contributed by atoms with Crippen molar-refractivity contribution in [2.45, 2.75) is 33.2 Å². The number of aryl methyl sites for hydroxylation is 2. The number of halogens is 1. The molecule has 1 unspecified atom stereocenters. The van der Waals surface area contributed by atoms with Gasteiger partial charge in [-0.3, -0.25) is 0 Å². The van der Waals surface area contributed by atoms with Crippen molar-refractivity contribution in [3.05, 3.63) is 27.7 Å². The zero-order valence-corrected chi connectivity index (χ0v) is 11.9. The number of oxime groups is 1. The van der Waals surface area contributed by atoms with Crippen LogP contribution in [0.2, 0.25) is 0 Å². The fourth-order valence-electron chi connectivity index (χ4n) is 1.72. The van der Waals surface area contributed by atoms with Crippen LogP contribution in [0.5, 0.6) is 0 Å². The molecule has 1 aromatic carbocycles. The number of nitrogens with two attached hydrogens (primary N) is 1. The van der Waals surface area contributed by atoms with Crippen LogP contribution in [0.3, 0.4) is 0 Å². The Morgan fingerprint density at radius 2 is 2.00 bits per heavy atom. The molecule has 0 aromatic heterocycles. The minimum absolute atomic E-state index is 0.117. The summed E-state index contributed by atoms with van der Waals surface area (Å²) in [4.78, 5) is 0. The van der Waals surface area contributed by atoms with Crippen molar-refractivity contribution in [1.29, 1.82) is 0 Å². The lowest BCUT2D eigenvalue weighted by Gasteiger charge is -2.16. The monoisotopic (exact) mass is 299 g/mol. The van der Waals surface area contributed by atoms with Crippen LogP contribution >= 0.6 is 15.9 Å². The normalized spacial score (nSPS) is 13.5. The molecule has 0 bridgehead atoms. The first kappa shape index (κ1) is 13.8. The number of nitrogens with zero attached hydrogens (tertiary/aromatic N) is 1. The molecule has 0 aliphatic heterocycles. The van der Waals surface area contributed by atoms with E-state index in [9.17, 15) is 0 Å². The smallest absolute Gasteiger partial charge is 0.141 e. The molecule has 0 radical (unpaired) electrons. The van der Waals surface area contributed by atoms with Crippen molar-refractivity contribution < 1.29 is 5.21 Å². The van der Waals surface area contributed by atoms with Gasteiger partial charge in [0.2, 0.25) is 0 Å². The van der Waals surface area contributed by atoms with E-state index in [2.05, 4.69) is 52.4 Å². The number of benzene rings is 1.